The van der Waals surface area contributed by atoms with Crippen LogP contribution in [0.25, 0.3) is 0 Å². The highest BCUT2D eigenvalue weighted by molar-refractivity contribution is 5.87. The zero-order valence-electron chi connectivity index (χ0n) is 8.64. The molecule has 3 heteroatoms. The molecule has 1 aromatic rings. The van der Waals surface area contributed by atoms with Crippen molar-refractivity contribution >= 4 is 5.97 Å². The van der Waals surface area contributed by atoms with Crippen molar-refractivity contribution in [1.29, 1.82) is 0 Å². The number of rotatable bonds is 5. The summed E-state index contributed by atoms with van der Waals surface area (Å²) < 4.78 is 5.37. The maximum absolute atomic E-state index is 10.8. The number of hydrogen-bond donors (Lipinski definition) is 1. The van der Waals surface area contributed by atoms with Gasteiger partial charge in [-0.1, -0.05) is 36.9 Å². The summed E-state index contributed by atoms with van der Waals surface area (Å²) in [6, 6.07) is 9.21. The molecule has 0 bridgehead atoms. The van der Waals surface area contributed by atoms with Crippen molar-refractivity contribution in [2.24, 2.45) is 0 Å². The molecule has 1 N–H and O–H groups in total. The monoisotopic (exact) mass is 206 g/mol. The van der Waals surface area contributed by atoms with Crippen LogP contribution in [-0.4, -0.2) is 17.7 Å². The van der Waals surface area contributed by atoms with E-state index in [0.29, 0.717) is 6.61 Å². The predicted octanol–water partition coefficient (Wildman–Crippen LogP) is 2.41. The molecule has 1 rings (SSSR count). The van der Waals surface area contributed by atoms with Gasteiger partial charge in [0.15, 0.2) is 0 Å². The number of carboxylic acids is 1. The molecule has 1 unspecified atom stereocenters. The van der Waals surface area contributed by atoms with Gasteiger partial charge in [0.05, 0.1) is 5.57 Å². The van der Waals surface area contributed by atoms with Gasteiger partial charge in [-0.05, 0) is 12.5 Å². The zero-order valence-corrected chi connectivity index (χ0v) is 8.64. The van der Waals surface area contributed by atoms with E-state index in [9.17, 15) is 4.79 Å². The van der Waals surface area contributed by atoms with Crippen molar-refractivity contribution in [3.8, 4) is 0 Å². The lowest BCUT2D eigenvalue weighted by Gasteiger charge is -2.17. The van der Waals surface area contributed by atoms with Crippen molar-refractivity contribution in [3.63, 3.8) is 0 Å². The van der Waals surface area contributed by atoms with Crippen LogP contribution in [0.2, 0.25) is 0 Å². The molecule has 1 aromatic carbocycles. The van der Waals surface area contributed by atoms with Crippen molar-refractivity contribution in [2.75, 3.05) is 6.61 Å². The molecular formula is C12H14O3. The number of benzene rings is 1. The molecule has 0 spiro atoms. The molecule has 3 nitrogen and oxygen atoms in total. The topological polar surface area (TPSA) is 46.5 Å². The third-order valence-corrected chi connectivity index (χ3v) is 2.03. The summed E-state index contributed by atoms with van der Waals surface area (Å²) in [6.45, 7) is 5.80. The summed E-state index contributed by atoms with van der Waals surface area (Å²) in [5, 5.41) is 8.86. The second-order valence-electron chi connectivity index (χ2n) is 3.08. The Balaban J connectivity index is 2.93. The number of carbonyl (C=O) groups is 1. The fourth-order valence-corrected chi connectivity index (χ4v) is 1.30. The van der Waals surface area contributed by atoms with Gasteiger partial charge in [0.2, 0.25) is 0 Å². The third-order valence-electron chi connectivity index (χ3n) is 2.03. The summed E-state index contributed by atoms with van der Waals surface area (Å²) in [4.78, 5) is 10.8. The Morgan fingerprint density at radius 1 is 1.47 bits per heavy atom. The van der Waals surface area contributed by atoms with Gasteiger partial charge in [0, 0.05) is 6.61 Å². The number of aliphatic carboxylic acids is 1. The molecule has 0 amide bonds. The first-order valence-corrected chi connectivity index (χ1v) is 4.75. The Kier molecular flexibility index (Phi) is 4.06. The molecule has 0 aromatic heterocycles. The van der Waals surface area contributed by atoms with E-state index in [1.54, 1.807) is 0 Å². The molecule has 0 saturated heterocycles. The molecular weight excluding hydrogens is 192 g/mol. The summed E-state index contributed by atoms with van der Waals surface area (Å²) in [7, 11) is 0. The highest BCUT2D eigenvalue weighted by Gasteiger charge is 2.20. The van der Waals surface area contributed by atoms with E-state index >= 15 is 0 Å². The molecule has 0 aliphatic rings. The van der Waals surface area contributed by atoms with Crippen molar-refractivity contribution in [3.05, 3.63) is 48.0 Å². The zero-order chi connectivity index (χ0) is 11.3. The van der Waals surface area contributed by atoms with Crippen molar-refractivity contribution < 1.29 is 14.6 Å². The van der Waals surface area contributed by atoms with Gasteiger partial charge >= 0.3 is 5.97 Å². The average Bonchev–Trinajstić information content (AvgIpc) is 2.26. The van der Waals surface area contributed by atoms with Gasteiger partial charge in [-0.3, -0.25) is 0 Å². The quantitative estimate of drug-likeness (QED) is 0.752. The molecule has 1 atom stereocenters. The fourth-order valence-electron chi connectivity index (χ4n) is 1.30. The van der Waals surface area contributed by atoms with E-state index in [2.05, 4.69) is 6.58 Å². The van der Waals surface area contributed by atoms with Crippen LogP contribution in [0.15, 0.2) is 42.5 Å². The molecule has 80 valence electrons. The Bertz CT molecular complexity index is 343. The first kappa shape index (κ1) is 11.5. The summed E-state index contributed by atoms with van der Waals surface area (Å²) >= 11 is 0. The molecule has 0 aliphatic carbocycles. The van der Waals surface area contributed by atoms with E-state index in [0.717, 1.165) is 5.56 Å². The second kappa shape index (κ2) is 5.32. The van der Waals surface area contributed by atoms with E-state index in [-0.39, 0.29) is 5.57 Å². The number of hydrogen-bond acceptors (Lipinski definition) is 2. The normalized spacial score (nSPS) is 12.1. The maximum Gasteiger partial charge on any atom is 0.333 e. The Morgan fingerprint density at radius 2 is 2.07 bits per heavy atom. The maximum atomic E-state index is 10.8. The molecule has 0 aliphatic heterocycles. The molecule has 0 radical (unpaired) electrons. The highest BCUT2D eigenvalue weighted by Crippen LogP contribution is 2.24. The van der Waals surface area contributed by atoms with Crippen LogP contribution in [0.1, 0.15) is 18.6 Å². The largest absolute Gasteiger partial charge is 0.478 e. The van der Waals surface area contributed by atoms with E-state index in [1.807, 2.05) is 37.3 Å². The molecule has 0 heterocycles. The van der Waals surface area contributed by atoms with Crippen LogP contribution in [-0.2, 0) is 9.53 Å². The lowest BCUT2D eigenvalue weighted by molar-refractivity contribution is -0.134. The van der Waals surface area contributed by atoms with Gasteiger partial charge in [-0.15, -0.1) is 0 Å². The standard InChI is InChI=1S/C12H14O3/c1-3-15-11(9(2)12(13)14)10-7-5-4-6-8-10/h4-8,11H,2-3H2,1H3,(H,13,14). The predicted molar refractivity (Wildman–Crippen MR) is 57.6 cm³/mol. The van der Waals surface area contributed by atoms with Crippen LogP contribution in [0.5, 0.6) is 0 Å². The summed E-state index contributed by atoms with van der Waals surface area (Å²) in [5.74, 6) is -1.03. The van der Waals surface area contributed by atoms with Gasteiger partial charge in [0.25, 0.3) is 0 Å². The number of ether oxygens (including phenoxy) is 1. The number of carboxylic acid groups (broad SMARTS) is 1. The summed E-state index contributed by atoms with van der Waals surface area (Å²) in [6.07, 6.45) is -0.561. The van der Waals surface area contributed by atoms with Gasteiger partial charge < -0.3 is 9.84 Å². The lowest BCUT2D eigenvalue weighted by atomic mass is 10.0. The van der Waals surface area contributed by atoms with Gasteiger partial charge in [-0.25, -0.2) is 4.79 Å². The van der Waals surface area contributed by atoms with Crippen LogP contribution in [0, 0.1) is 0 Å². The molecule has 0 saturated carbocycles. The first-order valence-electron chi connectivity index (χ1n) is 4.75. The van der Waals surface area contributed by atoms with E-state index in [1.165, 1.54) is 0 Å². The van der Waals surface area contributed by atoms with Crippen molar-refractivity contribution in [2.45, 2.75) is 13.0 Å². The second-order valence-corrected chi connectivity index (χ2v) is 3.08. The van der Waals surface area contributed by atoms with Crippen LogP contribution in [0.4, 0.5) is 0 Å². The van der Waals surface area contributed by atoms with Crippen LogP contribution in [0.3, 0.4) is 0 Å². The molecule has 15 heavy (non-hydrogen) atoms. The fraction of sp³-hybridized carbons (Fsp3) is 0.250. The van der Waals surface area contributed by atoms with Crippen LogP contribution >= 0.6 is 0 Å². The minimum Gasteiger partial charge on any atom is -0.478 e. The lowest BCUT2D eigenvalue weighted by Crippen LogP contribution is -2.13. The highest BCUT2D eigenvalue weighted by atomic mass is 16.5. The average molecular weight is 206 g/mol. The minimum atomic E-state index is -1.03. The van der Waals surface area contributed by atoms with Gasteiger partial charge in [0.1, 0.15) is 6.10 Å². The van der Waals surface area contributed by atoms with Gasteiger partial charge in [-0.2, -0.15) is 0 Å². The third kappa shape index (κ3) is 2.92. The SMILES string of the molecule is C=C(C(=O)O)C(OCC)c1ccccc1. The summed E-state index contributed by atoms with van der Waals surface area (Å²) in [5.41, 5.74) is 0.870. The smallest absolute Gasteiger partial charge is 0.333 e. The Labute approximate surface area is 89.0 Å². The van der Waals surface area contributed by atoms with E-state index in [4.69, 9.17) is 9.84 Å². The van der Waals surface area contributed by atoms with Crippen LogP contribution < -0.4 is 0 Å². The van der Waals surface area contributed by atoms with Crippen molar-refractivity contribution in [1.82, 2.24) is 0 Å². The van der Waals surface area contributed by atoms with E-state index < -0.39 is 12.1 Å². The first-order chi connectivity index (χ1) is 7.16. The minimum absolute atomic E-state index is 0.0584. The Hall–Kier alpha value is -1.61. The molecule has 0 fully saturated rings. The Morgan fingerprint density at radius 3 is 2.53 bits per heavy atom.